The van der Waals surface area contributed by atoms with E-state index < -0.39 is 6.04 Å². The monoisotopic (exact) mass is 418 g/mol. The molecule has 3 rings (SSSR count). The van der Waals surface area contributed by atoms with Crippen molar-refractivity contribution in [2.45, 2.75) is 45.9 Å². The minimum Gasteiger partial charge on any atom is -0.391 e. The van der Waals surface area contributed by atoms with E-state index in [1.54, 1.807) is 16.2 Å². The van der Waals surface area contributed by atoms with E-state index in [1.165, 1.54) is 10.4 Å². The number of aliphatic hydroxyl groups excluding tert-OH is 1. The van der Waals surface area contributed by atoms with Crippen molar-refractivity contribution in [1.29, 1.82) is 0 Å². The van der Waals surface area contributed by atoms with Gasteiger partial charge < -0.3 is 21.1 Å². The maximum absolute atomic E-state index is 11.6. The maximum Gasteiger partial charge on any atom is 0.239 e. The van der Waals surface area contributed by atoms with E-state index in [0.717, 1.165) is 11.3 Å². The van der Waals surface area contributed by atoms with Gasteiger partial charge in [-0.2, -0.15) is 0 Å². The van der Waals surface area contributed by atoms with Crippen LogP contribution in [0.4, 0.5) is 0 Å². The molecule has 7 nitrogen and oxygen atoms in total. The molecule has 0 saturated carbocycles. The molecule has 1 aliphatic rings. The van der Waals surface area contributed by atoms with Gasteiger partial charge in [0.05, 0.1) is 28.2 Å². The lowest BCUT2D eigenvalue weighted by Gasteiger charge is -2.22. The minimum atomic E-state index is -0.426. The molecule has 0 aliphatic carbocycles. The molecule has 1 saturated heterocycles. The van der Waals surface area contributed by atoms with Gasteiger partial charge in [-0.15, -0.1) is 11.3 Å². The number of nitrogens with one attached hydrogen (secondary N) is 1. The van der Waals surface area contributed by atoms with Gasteiger partial charge in [0, 0.05) is 19.6 Å². The molecule has 1 aromatic carbocycles. The van der Waals surface area contributed by atoms with E-state index >= 15 is 0 Å². The van der Waals surface area contributed by atoms with Crippen molar-refractivity contribution in [3.05, 3.63) is 41.0 Å². The number of aliphatic hydroxyl groups is 1. The molecule has 0 spiro atoms. The highest BCUT2D eigenvalue weighted by Gasteiger charge is 2.29. The highest BCUT2D eigenvalue weighted by molar-refractivity contribution is 7.13. The molecule has 2 unspecified atom stereocenters. The van der Waals surface area contributed by atoms with Gasteiger partial charge in [-0.05, 0) is 30.4 Å². The molecule has 4 N–H and O–H groups in total. The van der Waals surface area contributed by atoms with Crippen molar-refractivity contribution in [2.24, 2.45) is 11.7 Å². The van der Waals surface area contributed by atoms with Crippen molar-refractivity contribution in [1.82, 2.24) is 15.2 Å². The number of hydrogen-bond acceptors (Lipinski definition) is 6. The van der Waals surface area contributed by atoms with Gasteiger partial charge in [-0.1, -0.05) is 38.1 Å². The molecule has 2 heterocycles. The Morgan fingerprint density at radius 2 is 2.10 bits per heavy atom. The minimum absolute atomic E-state index is 0.0356. The third-order valence-electron chi connectivity index (χ3n) is 4.83. The molecule has 2 atom stereocenters. The molecule has 29 heavy (non-hydrogen) atoms. The predicted octanol–water partition coefficient (Wildman–Crippen LogP) is 1.93. The van der Waals surface area contributed by atoms with Gasteiger partial charge in [0.1, 0.15) is 0 Å². The number of aromatic nitrogens is 1. The molecule has 1 aliphatic heterocycles. The molecule has 2 aromatic rings. The van der Waals surface area contributed by atoms with E-state index in [4.69, 9.17) is 5.73 Å². The molecule has 8 heteroatoms. The number of β-amino-alcohol motifs (C(OH)–C–C–N with tert-alkyl or cyclic N) is 1. The largest absolute Gasteiger partial charge is 0.391 e. The first-order chi connectivity index (χ1) is 13.8. The fourth-order valence-corrected chi connectivity index (χ4v) is 3.76. The van der Waals surface area contributed by atoms with Crippen molar-refractivity contribution in [3.8, 4) is 10.4 Å². The molecular formula is C21H30N4O3S. The van der Waals surface area contributed by atoms with Crippen LogP contribution in [-0.4, -0.2) is 52.5 Å². The van der Waals surface area contributed by atoms with Gasteiger partial charge in [0.2, 0.25) is 12.3 Å². The lowest BCUT2D eigenvalue weighted by molar-refractivity contribution is -0.132. The summed E-state index contributed by atoms with van der Waals surface area (Å²) in [7, 11) is 0. The Balaban J connectivity index is 0.000000212. The van der Waals surface area contributed by atoms with Crippen LogP contribution < -0.4 is 11.1 Å². The third kappa shape index (κ3) is 6.62. The van der Waals surface area contributed by atoms with Crippen LogP contribution in [0.25, 0.3) is 10.4 Å². The number of nitrogens with two attached hydrogens (primary N) is 1. The number of rotatable bonds is 6. The summed E-state index contributed by atoms with van der Waals surface area (Å²) in [6, 6.07) is 7.73. The van der Waals surface area contributed by atoms with Crippen LogP contribution in [0.15, 0.2) is 29.8 Å². The molecule has 0 radical (unpaired) electrons. The number of hydrogen-bond donors (Lipinski definition) is 3. The zero-order chi connectivity index (χ0) is 21.4. The Bertz CT molecular complexity index is 791. The Morgan fingerprint density at radius 3 is 2.59 bits per heavy atom. The Labute approximate surface area is 175 Å². The van der Waals surface area contributed by atoms with E-state index in [2.05, 4.69) is 22.4 Å². The molecule has 2 amide bonds. The highest BCUT2D eigenvalue weighted by Crippen LogP contribution is 2.27. The number of benzene rings is 1. The Morgan fingerprint density at radius 1 is 1.41 bits per heavy atom. The van der Waals surface area contributed by atoms with Gasteiger partial charge in [0.15, 0.2) is 0 Å². The summed E-state index contributed by atoms with van der Waals surface area (Å²) in [5, 5.41) is 11.9. The summed E-state index contributed by atoms with van der Waals surface area (Å²) < 4.78 is 0. The summed E-state index contributed by atoms with van der Waals surface area (Å²) in [6.07, 6.45) is 1.03. The van der Waals surface area contributed by atoms with Crippen molar-refractivity contribution < 1.29 is 14.7 Å². The summed E-state index contributed by atoms with van der Waals surface area (Å²) in [6.45, 7) is 7.52. The zero-order valence-electron chi connectivity index (χ0n) is 17.2. The van der Waals surface area contributed by atoms with Gasteiger partial charge >= 0.3 is 0 Å². The fraction of sp³-hybridized carbons (Fsp3) is 0.476. The van der Waals surface area contributed by atoms with E-state index in [9.17, 15) is 14.7 Å². The van der Waals surface area contributed by atoms with E-state index in [0.29, 0.717) is 32.5 Å². The second-order valence-electron chi connectivity index (χ2n) is 7.46. The van der Waals surface area contributed by atoms with Crippen LogP contribution in [0.3, 0.4) is 0 Å². The second-order valence-corrected chi connectivity index (χ2v) is 8.31. The summed E-state index contributed by atoms with van der Waals surface area (Å²) in [5.74, 6) is 0.122. The van der Waals surface area contributed by atoms with E-state index in [-0.39, 0.29) is 17.9 Å². The Hall–Kier alpha value is -2.29. The smallest absolute Gasteiger partial charge is 0.239 e. The van der Waals surface area contributed by atoms with Gasteiger partial charge in [-0.3, -0.25) is 9.59 Å². The van der Waals surface area contributed by atoms with Crippen molar-refractivity contribution >= 4 is 23.7 Å². The molecule has 1 fully saturated rings. The predicted molar refractivity (Wildman–Crippen MR) is 115 cm³/mol. The summed E-state index contributed by atoms with van der Waals surface area (Å²) in [5.41, 5.74) is 10.9. The van der Waals surface area contributed by atoms with Crippen LogP contribution >= 0.6 is 11.3 Å². The summed E-state index contributed by atoms with van der Waals surface area (Å²) in [4.78, 5) is 28.9. The number of likely N-dealkylation sites (tertiary alicyclic amines) is 1. The normalized spacial score (nSPS) is 16.9. The SMILES string of the molecule is CC(C)C(N)C(=O)N1CCC(O)C1.Cc1ncsc1-c1ccc(CNC=O)cc1. The number of nitrogens with zero attached hydrogens (tertiary/aromatic N) is 2. The van der Waals surface area contributed by atoms with Crippen LogP contribution in [0, 0.1) is 12.8 Å². The lowest BCUT2D eigenvalue weighted by atomic mass is 10.0. The zero-order valence-corrected chi connectivity index (χ0v) is 18.0. The first kappa shape index (κ1) is 23.0. The van der Waals surface area contributed by atoms with Crippen LogP contribution in [0.2, 0.25) is 0 Å². The molecule has 158 valence electrons. The number of thiazole rings is 1. The molecular weight excluding hydrogens is 388 g/mol. The number of carbonyl (C=O) groups excluding carboxylic acids is 2. The van der Waals surface area contributed by atoms with Gasteiger partial charge in [0.25, 0.3) is 0 Å². The quantitative estimate of drug-likeness (QED) is 0.621. The summed E-state index contributed by atoms with van der Waals surface area (Å²) >= 11 is 1.64. The first-order valence-electron chi connectivity index (χ1n) is 9.72. The second kappa shape index (κ2) is 11.0. The van der Waals surface area contributed by atoms with Crippen molar-refractivity contribution in [3.63, 3.8) is 0 Å². The van der Waals surface area contributed by atoms with Crippen LogP contribution in [0.1, 0.15) is 31.5 Å². The highest BCUT2D eigenvalue weighted by atomic mass is 32.1. The Kier molecular flexibility index (Phi) is 8.75. The molecule has 1 aromatic heterocycles. The number of amides is 2. The number of aryl methyl sites for hydroxylation is 1. The van der Waals surface area contributed by atoms with E-state index in [1.807, 2.05) is 38.4 Å². The standard InChI is InChI=1S/C12H12N2OS.C9H18N2O2/c1-9-12(16-8-14-9)11-4-2-10(3-5-11)6-13-7-15;1-6(2)8(10)9(13)11-4-3-7(12)5-11/h2-5,7-8H,6H2,1H3,(H,13,15);6-8,12H,3-5,10H2,1-2H3. The first-order valence-corrected chi connectivity index (χ1v) is 10.6. The number of carbonyl (C=O) groups is 2. The average molecular weight is 419 g/mol. The third-order valence-corrected chi connectivity index (χ3v) is 5.81. The lowest BCUT2D eigenvalue weighted by Crippen LogP contribution is -2.45. The molecule has 0 bridgehead atoms. The van der Waals surface area contributed by atoms with Crippen molar-refractivity contribution in [2.75, 3.05) is 13.1 Å². The van der Waals surface area contributed by atoms with Crippen LogP contribution in [-0.2, 0) is 16.1 Å². The maximum atomic E-state index is 11.6. The van der Waals surface area contributed by atoms with Crippen LogP contribution in [0.5, 0.6) is 0 Å². The average Bonchev–Trinajstić information content (AvgIpc) is 3.34. The topological polar surface area (TPSA) is 109 Å². The van der Waals surface area contributed by atoms with Gasteiger partial charge in [-0.25, -0.2) is 4.98 Å². The fourth-order valence-electron chi connectivity index (χ4n) is 2.95.